The Morgan fingerprint density at radius 1 is 1.14 bits per heavy atom. The molecule has 2 aromatic carbocycles. The number of benzene rings is 2. The van der Waals surface area contributed by atoms with Crippen molar-refractivity contribution in [2.24, 2.45) is 0 Å². The van der Waals surface area contributed by atoms with E-state index in [1.165, 1.54) is 11.8 Å². The van der Waals surface area contributed by atoms with Crippen LogP contribution in [0.2, 0.25) is 0 Å². The summed E-state index contributed by atoms with van der Waals surface area (Å²) in [5, 5.41) is 0. The lowest BCUT2D eigenvalue weighted by atomic mass is 10.2. The van der Waals surface area contributed by atoms with Crippen LogP contribution in [-0.2, 0) is 4.79 Å². The number of carbonyl (C=O) groups is 1. The van der Waals surface area contributed by atoms with Crippen LogP contribution in [0.3, 0.4) is 0 Å². The molecule has 0 bridgehead atoms. The molecule has 0 unspecified atom stereocenters. The van der Waals surface area contributed by atoms with Crippen molar-refractivity contribution in [1.29, 1.82) is 0 Å². The highest BCUT2D eigenvalue weighted by Gasteiger charge is 2.34. The fraction of sp³-hybridized carbons (Fsp3) is 0. The Morgan fingerprint density at radius 2 is 1.82 bits per heavy atom. The number of amides is 1. The Hall–Kier alpha value is -0.700. The number of thiocarbonyl (C=S) groups is 1. The van der Waals surface area contributed by atoms with Crippen LogP contribution in [-0.4, -0.2) is 10.2 Å². The van der Waals surface area contributed by atoms with Crippen molar-refractivity contribution in [2.45, 2.75) is 0 Å². The summed E-state index contributed by atoms with van der Waals surface area (Å²) in [6.07, 6.45) is 1.90. The van der Waals surface area contributed by atoms with Crippen molar-refractivity contribution in [3.63, 3.8) is 0 Å². The number of halogens is 2. The smallest absolute Gasteiger partial charge is 0.268 e. The predicted octanol–water partition coefficient (Wildman–Crippen LogP) is 5.46. The maximum absolute atomic E-state index is 12.7. The van der Waals surface area contributed by atoms with Crippen LogP contribution < -0.4 is 4.90 Å². The first-order valence-corrected chi connectivity index (χ1v) is 9.44. The average Bonchev–Trinajstić information content (AvgIpc) is 2.77. The maximum atomic E-state index is 12.7. The molecule has 110 valence electrons. The first kappa shape index (κ1) is 16.2. The van der Waals surface area contributed by atoms with Crippen LogP contribution >= 0.6 is 62.5 Å². The van der Waals surface area contributed by atoms with Crippen LogP contribution in [0, 0.1) is 3.57 Å². The number of rotatable bonds is 2. The Bertz CT molecular complexity index is 806. The van der Waals surface area contributed by atoms with Crippen LogP contribution in [0.1, 0.15) is 5.56 Å². The minimum atomic E-state index is -0.0819. The number of hydrogen-bond donors (Lipinski definition) is 0. The van der Waals surface area contributed by atoms with Crippen molar-refractivity contribution in [3.8, 4) is 0 Å². The number of carbonyl (C=O) groups excluding carboxylic acids is 1. The van der Waals surface area contributed by atoms with Crippen molar-refractivity contribution in [1.82, 2.24) is 0 Å². The summed E-state index contributed by atoms with van der Waals surface area (Å²) in [5.41, 5.74) is 1.80. The molecule has 0 radical (unpaired) electrons. The molecule has 1 amide bonds. The largest absolute Gasteiger partial charge is 0.270 e. The molecule has 22 heavy (non-hydrogen) atoms. The zero-order chi connectivity index (χ0) is 15.7. The molecule has 0 atom stereocenters. The van der Waals surface area contributed by atoms with Gasteiger partial charge in [-0.25, -0.2) is 0 Å². The van der Waals surface area contributed by atoms with Gasteiger partial charge in [-0.1, -0.05) is 54.3 Å². The summed E-state index contributed by atoms with van der Waals surface area (Å²) in [4.78, 5) is 14.9. The standard InChI is InChI=1S/C16H9BrINOS2/c17-11-6-2-4-8-13(11)19-15(20)14(22-16(19)21)9-10-5-1-3-7-12(10)18/h1-9H/b14-9+. The first-order valence-electron chi connectivity index (χ1n) is 6.35. The van der Waals surface area contributed by atoms with E-state index in [1.807, 2.05) is 54.6 Å². The molecular formula is C16H9BrINOS2. The van der Waals surface area contributed by atoms with Crippen molar-refractivity contribution >= 4 is 84.5 Å². The minimum absolute atomic E-state index is 0.0819. The molecule has 0 saturated carbocycles. The van der Waals surface area contributed by atoms with Crippen LogP contribution in [0.5, 0.6) is 0 Å². The van der Waals surface area contributed by atoms with Gasteiger partial charge in [-0.2, -0.15) is 0 Å². The zero-order valence-electron chi connectivity index (χ0n) is 11.1. The molecule has 3 rings (SSSR count). The predicted molar refractivity (Wildman–Crippen MR) is 109 cm³/mol. The Balaban J connectivity index is 1.99. The van der Waals surface area contributed by atoms with Gasteiger partial charge < -0.3 is 0 Å². The quantitative estimate of drug-likeness (QED) is 0.309. The SMILES string of the molecule is O=C1/C(=C\c2ccccc2I)SC(=S)N1c1ccccc1Br. The Morgan fingerprint density at radius 3 is 2.55 bits per heavy atom. The summed E-state index contributed by atoms with van der Waals surface area (Å²) in [5.74, 6) is -0.0819. The van der Waals surface area contributed by atoms with Gasteiger partial charge in [-0.3, -0.25) is 9.69 Å². The Labute approximate surface area is 160 Å². The van der Waals surface area contributed by atoms with Gasteiger partial charge in [0.15, 0.2) is 4.32 Å². The molecule has 1 heterocycles. The third kappa shape index (κ3) is 3.15. The second-order valence-corrected chi connectivity index (χ2v) is 8.18. The third-order valence-corrected chi connectivity index (χ3v) is 6.03. The minimum Gasteiger partial charge on any atom is -0.268 e. The number of hydrogen-bond acceptors (Lipinski definition) is 3. The number of thioether (sulfide) groups is 1. The fourth-order valence-electron chi connectivity index (χ4n) is 2.04. The second kappa shape index (κ2) is 6.82. The van der Waals surface area contributed by atoms with Crippen molar-refractivity contribution in [2.75, 3.05) is 4.90 Å². The van der Waals surface area contributed by atoms with E-state index in [1.54, 1.807) is 4.90 Å². The van der Waals surface area contributed by atoms with Gasteiger partial charge in [0.1, 0.15) is 0 Å². The molecule has 1 aliphatic rings. The lowest BCUT2D eigenvalue weighted by molar-refractivity contribution is -0.113. The van der Waals surface area contributed by atoms with Gasteiger partial charge in [0.2, 0.25) is 0 Å². The highest BCUT2D eigenvalue weighted by molar-refractivity contribution is 14.1. The third-order valence-electron chi connectivity index (χ3n) is 3.08. The Kier molecular flexibility index (Phi) is 5.01. The van der Waals surface area contributed by atoms with Crippen LogP contribution in [0.15, 0.2) is 57.9 Å². The lowest BCUT2D eigenvalue weighted by Gasteiger charge is -2.15. The number of para-hydroxylation sites is 1. The summed E-state index contributed by atoms with van der Waals surface area (Å²) in [7, 11) is 0. The molecular weight excluding hydrogens is 493 g/mol. The van der Waals surface area contributed by atoms with Gasteiger partial charge in [-0.15, -0.1) is 0 Å². The summed E-state index contributed by atoms with van der Waals surface area (Å²) in [6, 6.07) is 15.5. The lowest BCUT2D eigenvalue weighted by Crippen LogP contribution is -2.27. The molecule has 0 aliphatic carbocycles. The number of anilines is 1. The van der Waals surface area contributed by atoms with Gasteiger partial charge >= 0.3 is 0 Å². The van der Waals surface area contributed by atoms with E-state index in [4.69, 9.17) is 12.2 Å². The van der Waals surface area contributed by atoms with Crippen LogP contribution in [0.25, 0.3) is 6.08 Å². The highest BCUT2D eigenvalue weighted by atomic mass is 127. The maximum Gasteiger partial charge on any atom is 0.270 e. The van der Waals surface area contributed by atoms with E-state index in [2.05, 4.69) is 38.5 Å². The molecule has 0 aromatic heterocycles. The van der Waals surface area contributed by atoms with Gasteiger partial charge in [0.25, 0.3) is 5.91 Å². The molecule has 2 aromatic rings. The van der Waals surface area contributed by atoms with E-state index in [9.17, 15) is 4.79 Å². The molecule has 6 heteroatoms. The summed E-state index contributed by atoms with van der Waals surface area (Å²) in [6.45, 7) is 0. The van der Waals surface area contributed by atoms with Crippen molar-refractivity contribution < 1.29 is 4.79 Å². The zero-order valence-corrected chi connectivity index (χ0v) is 16.5. The summed E-state index contributed by atoms with van der Waals surface area (Å²) < 4.78 is 2.50. The first-order chi connectivity index (χ1) is 10.6. The van der Waals surface area contributed by atoms with E-state index in [-0.39, 0.29) is 5.91 Å². The second-order valence-electron chi connectivity index (χ2n) is 4.49. The van der Waals surface area contributed by atoms with Gasteiger partial charge in [-0.05, 0) is 68.4 Å². The van der Waals surface area contributed by atoms with E-state index < -0.39 is 0 Å². The normalized spacial score (nSPS) is 16.6. The van der Waals surface area contributed by atoms with E-state index in [0.29, 0.717) is 9.23 Å². The van der Waals surface area contributed by atoms with E-state index in [0.717, 1.165) is 19.3 Å². The molecule has 1 fully saturated rings. The summed E-state index contributed by atoms with van der Waals surface area (Å²) >= 11 is 12.5. The average molecular weight is 502 g/mol. The topological polar surface area (TPSA) is 20.3 Å². The van der Waals surface area contributed by atoms with Crippen molar-refractivity contribution in [3.05, 3.63) is 67.0 Å². The number of nitrogens with zero attached hydrogens (tertiary/aromatic N) is 1. The molecule has 1 saturated heterocycles. The van der Waals surface area contributed by atoms with Gasteiger partial charge in [0.05, 0.1) is 10.6 Å². The van der Waals surface area contributed by atoms with Crippen LogP contribution in [0.4, 0.5) is 5.69 Å². The van der Waals surface area contributed by atoms with Gasteiger partial charge in [0, 0.05) is 8.04 Å². The molecule has 0 N–H and O–H groups in total. The molecule has 0 spiro atoms. The fourth-order valence-corrected chi connectivity index (χ4v) is 4.32. The highest BCUT2D eigenvalue weighted by Crippen LogP contribution is 2.39. The monoisotopic (exact) mass is 501 g/mol. The van der Waals surface area contributed by atoms with E-state index >= 15 is 0 Å². The molecule has 2 nitrogen and oxygen atoms in total. The molecule has 1 aliphatic heterocycles.